The van der Waals surface area contributed by atoms with Crippen molar-refractivity contribution in [2.24, 2.45) is 4.99 Å². The lowest BCUT2D eigenvalue weighted by molar-refractivity contribution is 0.570. The van der Waals surface area contributed by atoms with Gasteiger partial charge in [0.25, 0.3) is 0 Å². The number of hydrogen-bond donors (Lipinski definition) is 2. The summed E-state index contributed by atoms with van der Waals surface area (Å²) in [6, 6.07) is 1.94. The van der Waals surface area contributed by atoms with Crippen LogP contribution >= 0.6 is 35.3 Å². The molecular formula is C13H21IN6S. The van der Waals surface area contributed by atoms with Gasteiger partial charge in [0.1, 0.15) is 0 Å². The Bertz CT molecular complexity index is 537. The third-order valence-corrected chi connectivity index (χ3v) is 3.84. The smallest absolute Gasteiger partial charge is 0.191 e. The van der Waals surface area contributed by atoms with Gasteiger partial charge in [-0.15, -0.1) is 35.3 Å². The maximum absolute atomic E-state index is 4.23. The fourth-order valence-electron chi connectivity index (χ4n) is 1.76. The van der Waals surface area contributed by atoms with Gasteiger partial charge >= 0.3 is 0 Å². The monoisotopic (exact) mass is 420 g/mol. The molecule has 0 unspecified atom stereocenters. The first-order chi connectivity index (χ1) is 9.79. The Morgan fingerprint density at radius 2 is 2.29 bits per heavy atom. The number of aliphatic imine (C=N–C) groups is 1. The Morgan fingerprint density at radius 3 is 2.90 bits per heavy atom. The number of nitrogens with zero attached hydrogens (tertiary/aromatic N) is 4. The SMILES string of the molecule is CN=C(NCCCn1cccn1)NCc1scnc1C.I. The minimum absolute atomic E-state index is 0. The molecule has 0 fully saturated rings. The maximum atomic E-state index is 4.23. The summed E-state index contributed by atoms with van der Waals surface area (Å²) in [5.74, 6) is 0.818. The first-order valence-electron chi connectivity index (χ1n) is 6.60. The van der Waals surface area contributed by atoms with Gasteiger partial charge in [-0.1, -0.05) is 0 Å². The molecular weight excluding hydrogens is 399 g/mol. The van der Waals surface area contributed by atoms with Crippen LogP contribution in [0.15, 0.2) is 29.0 Å². The summed E-state index contributed by atoms with van der Waals surface area (Å²) in [4.78, 5) is 9.68. The van der Waals surface area contributed by atoms with Crippen LogP contribution in [0.5, 0.6) is 0 Å². The Kier molecular flexibility index (Phi) is 8.28. The molecule has 0 atom stereocenters. The van der Waals surface area contributed by atoms with Crippen molar-refractivity contribution in [2.45, 2.75) is 26.4 Å². The molecule has 6 nitrogen and oxygen atoms in total. The van der Waals surface area contributed by atoms with E-state index in [0.717, 1.165) is 37.7 Å². The van der Waals surface area contributed by atoms with E-state index in [4.69, 9.17) is 0 Å². The van der Waals surface area contributed by atoms with E-state index in [1.165, 1.54) is 4.88 Å². The van der Waals surface area contributed by atoms with Crippen LogP contribution in [-0.2, 0) is 13.1 Å². The lowest BCUT2D eigenvalue weighted by atomic mass is 10.4. The number of thiazole rings is 1. The van der Waals surface area contributed by atoms with E-state index in [2.05, 4.69) is 25.7 Å². The van der Waals surface area contributed by atoms with Gasteiger partial charge in [-0.3, -0.25) is 9.67 Å². The number of nitrogens with one attached hydrogen (secondary N) is 2. The van der Waals surface area contributed by atoms with Crippen molar-refractivity contribution < 1.29 is 0 Å². The summed E-state index contributed by atoms with van der Waals surface area (Å²) in [5, 5.41) is 10.8. The molecule has 0 aliphatic rings. The van der Waals surface area contributed by atoms with Crippen molar-refractivity contribution in [1.29, 1.82) is 0 Å². The van der Waals surface area contributed by atoms with Crippen LogP contribution in [0, 0.1) is 6.92 Å². The molecule has 0 radical (unpaired) electrons. The summed E-state index contributed by atoms with van der Waals surface area (Å²) in [6.07, 6.45) is 4.77. The lowest BCUT2D eigenvalue weighted by Crippen LogP contribution is -2.37. The van der Waals surface area contributed by atoms with Gasteiger partial charge in [-0.2, -0.15) is 5.10 Å². The molecule has 2 N–H and O–H groups in total. The summed E-state index contributed by atoms with van der Waals surface area (Å²) in [5.41, 5.74) is 2.95. The highest BCUT2D eigenvalue weighted by atomic mass is 127. The third-order valence-electron chi connectivity index (χ3n) is 2.90. The minimum atomic E-state index is 0. The number of rotatable bonds is 6. The minimum Gasteiger partial charge on any atom is -0.356 e. The topological polar surface area (TPSA) is 67.1 Å². The summed E-state index contributed by atoms with van der Waals surface area (Å²) >= 11 is 1.66. The van der Waals surface area contributed by atoms with Crippen LogP contribution in [0.3, 0.4) is 0 Å². The van der Waals surface area contributed by atoms with Gasteiger partial charge in [-0.05, 0) is 19.4 Å². The predicted octanol–water partition coefficient (Wildman–Crippen LogP) is 2.02. The zero-order valence-electron chi connectivity index (χ0n) is 12.2. The highest BCUT2D eigenvalue weighted by Crippen LogP contribution is 2.10. The van der Waals surface area contributed by atoms with Gasteiger partial charge in [0.2, 0.25) is 0 Å². The van der Waals surface area contributed by atoms with Crippen LogP contribution in [0.25, 0.3) is 0 Å². The van der Waals surface area contributed by atoms with Crippen LogP contribution < -0.4 is 10.6 Å². The van der Waals surface area contributed by atoms with E-state index >= 15 is 0 Å². The number of aromatic nitrogens is 3. The third kappa shape index (κ3) is 6.00. The van der Waals surface area contributed by atoms with Crippen molar-refractivity contribution in [1.82, 2.24) is 25.4 Å². The van der Waals surface area contributed by atoms with Crippen molar-refractivity contribution in [2.75, 3.05) is 13.6 Å². The van der Waals surface area contributed by atoms with Crippen molar-refractivity contribution in [3.63, 3.8) is 0 Å². The molecule has 0 bridgehead atoms. The molecule has 0 saturated heterocycles. The Morgan fingerprint density at radius 1 is 1.43 bits per heavy atom. The van der Waals surface area contributed by atoms with Crippen molar-refractivity contribution in [3.05, 3.63) is 34.5 Å². The maximum Gasteiger partial charge on any atom is 0.191 e. The number of aryl methyl sites for hydroxylation is 2. The summed E-state index contributed by atoms with van der Waals surface area (Å²) in [6.45, 7) is 4.55. The van der Waals surface area contributed by atoms with E-state index in [0.29, 0.717) is 0 Å². The number of halogens is 1. The quantitative estimate of drug-likeness (QED) is 0.325. The summed E-state index contributed by atoms with van der Waals surface area (Å²) < 4.78 is 1.93. The molecule has 2 heterocycles. The molecule has 2 aromatic rings. The molecule has 0 aromatic carbocycles. The van der Waals surface area contributed by atoms with E-state index in [1.807, 2.05) is 29.4 Å². The largest absolute Gasteiger partial charge is 0.356 e. The lowest BCUT2D eigenvalue weighted by Gasteiger charge is -2.11. The van der Waals surface area contributed by atoms with E-state index in [1.54, 1.807) is 24.6 Å². The van der Waals surface area contributed by atoms with E-state index in [9.17, 15) is 0 Å². The van der Waals surface area contributed by atoms with Crippen molar-refractivity contribution >= 4 is 41.3 Å². The molecule has 0 amide bonds. The second-order valence-corrected chi connectivity index (χ2v) is 5.28. The van der Waals surface area contributed by atoms with E-state index < -0.39 is 0 Å². The molecule has 2 aromatic heterocycles. The average molecular weight is 420 g/mol. The Hall–Kier alpha value is -1.16. The predicted molar refractivity (Wildman–Crippen MR) is 97.3 cm³/mol. The normalized spacial score (nSPS) is 11.0. The second kappa shape index (κ2) is 9.72. The molecule has 0 saturated carbocycles. The first-order valence-corrected chi connectivity index (χ1v) is 7.48. The van der Waals surface area contributed by atoms with Gasteiger partial charge in [0, 0.05) is 37.4 Å². The Labute approximate surface area is 146 Å². The highest BCUT2D eigenvalue weighted by Gasteiger charge is 2.02. The van der Waals surface area contributed by atoms with Gasteiger partial charge in [0.05, 0.1) is 17.7 Å². The summed E-state index contributed by atoms with van der Waals surface area (Å²) in [7, 11) is 1.78. The molecule has 116 valence electrons. The number of hydrogen-bond acceptors (Lipinski definition) is 4. The second-order valence-electron chi connectivity index (χ2n) is 4.34. The van der Waals surface area contributed by atoms with Gasteiger partial charge in [-0.25, -0.2) is 4.98 Å². The van der Waals surface area contributed by atoms with Gasteiger partial charge in [0.15, 0.2) is 5.96 Å². The first kappa shape index (κ1) is 17.9. The number of guanidine groups is 1. The van der Waals surface area contributed by atoms with Crippen molar-refractivity contribution in [3.8, 4) is 0 Å². The van der Waals surface area contributed by atoms with Crippen LogP contribution in [0.1, 0.15) is 17.0 Å². The highest BCUT2D eigenvalue weighted by molar-refractivity contribution is 14.0. The van der Waals surface area contributed by atoms with Crippen LogP contribution in [0.2, 0.25) is 0 Å². The molecule has 2 rings (SSSR count). The molecule has 21 heavy (non-hydrogen) atoms. The van der Waals surface area contributed by atoms with Crippen LogP contribution in [-0.4, -0.2) is 34.3 Å². The zero-order chi connectivity index (χ0) is 14.2. The Balaban J connectivity index is 0.00000220. The standard InChI is InChI=1S/C13H20N6S.HI/c1-11-12(20-10-17-11)9-16-13(14-2)15-5-3-7-19-8-4-6-18-19;/h4,6,8,10H,3,5,7,9H2,1-2H3,(H2,14,15,16);1H. The zero-order valence-corrected chi connectivity index (χ0v) is 15.4. The van der Waals surface area contributed by atoms with E-state index in [-0.39, 0.29) is 24.0 Å². The molecule has 8 heteroatoms. The van der Waals surface area contributed by atoms with Gasteiger partial charge < -0.3 is 10.6 Å². The fourth-order valence-corrected chi connectivity index (χ4v) is 2.48. The van der Waals surface area contributed by atoms with Crippen LogP contribution in [0.4, 0.5) is 0 Å². The molecule has 0 spiro atoms. The molecule has 0 aliphatic carbocycles. The average Bonchev–Trinajstić information content (AvgIpc) is 3.10. The molecule has 0 aliphatic heterocycles. The fraction of sp³-hybridized carbons (Fsp3) is 0.462.